The molecular formula is C33H35BrFN3O6S. The van der Waals surface area contributed by atoms with Gasteiger partial charge in [-0.2, -0.15) is 0 Å². The summed E-state index contributed by atoms with van der Waals surface area (Å²) in [5.74, 6) is 1.34. The molecule has 5 rings (SSSR count). The van der Waals surface area contributed by atoms with Gasteiger partial charge in [-0.25, -0.2) is 22.8 Å². The van der Waals surface area contributed by atoms with Gasteiger partial charge in [0.2, 0.25) is 0 Å². The van der Waals surface area contributed by atoms with Crippen LogP contribution in [0.4, 0.5) is 15.9 Å². The summed E-state index contributed by atoms with van der Waals surface area (Å²) in [6.07, 6.45) is 4.70. The number of aromatic nitrogens is 2. The van der Waals surface area contributed by atoms with E-state index in [9.17, 15) is 12.8 Å². The van der Waals surface area contributed by atoms with Crippen molar-refractivity contribution in [3.63, 3.8) is 0 Å². The van der Waals surface area contributed by atoms with Crippen LogP contribution in [-0.2, 0) is 31.5 Å². The molecule has 1 aromatic heterocycles. The van der Waals surface area contributed by atoms with Gasteiger partial charge >= 0.3 is 0 Å². The Morgan fingerprint density at radius 1 is 1.07 bits per heavy atom. The molecule has 238 valence electrons. The first-order chi connectivity index (χ1) is 21.4. The first-order valence-electron chi connectivity index (χ1n) is 14.4. The van der Waals surface area contributed by atoms with E-state index < -0.39 is 32.2 Å². The molecule has 0 saturated carbocycles. The molecule has 45 heavy (non-hydrogen) atoms. The van der Waals surface area contributed by atoms with Crippen molar-refractivity contribution in [3.8, 4) is 11.5 Å². The van der Waals surface area contributed by atoms with Crippen LogP contribution in [0.5, 0.6) is 11.5 Å². The number of sulfone groups is 1. The van der Waals surface area contributed by atoms with Crippen molar-refractivity contribution in [2.45, 2.75) is 63.1 Å². The highest BCUT2D eigenvalue weighted by Gasteiger charge is 2.46. The average molecular weight is 701 g/mol. The summed E-state index contributed by atoms with van der Waals surface area (Å²) in [6.45, 7) is 6.84. The van der Waals surface area contributed by atoms with Crippen molar-refractivity contribution >= 4 is 48.2 Å². The summed E-state index contributed by atoms with van der Waals surface area (Å²) in [6, 6.07) is 15.5. The first kappa shape index (κ1) is 32.6. The number of ether oxygens (including phenoxy) is 4. The molecule has 4 aromatic rings. The molecule has 0 saturated heterocycles. The molecule has 0 bridgehead atoms. The Morgan fingerprint density at radius 2 is 1.87 bits per heavy atom. The molecule has 9 nitrogen and oxygen atoms in total. The van der Waals surface area contributed by atoms with Gasteiger partial charge in [0.1, 0.15) is 42.2 Å². The van der Waals surface area contributed by atoms with Gasteiger partial charge in [0, 0.05) is 29.1 Å². The number of nitrogens with zero attached hydrogens (tertiary/aromatic N) is 2. The number of fused-ring (bicyclic) bond motifs is 1. The highest BCUT2D eigenvalue weighted by atomic mass is 79.9. The molecule has 0 amide bonds. The van der Waals surface area contributed by atoms with E-state index in [1.807, 2.05) is 30.3 Å². The van der Waals surface area contributed by atoms with E-state index in [0.717, 1.165) is 11.3 Å². The zero-order valence-corrected chi connectivity index (χ0v) is 28.0. The summed E-state index contributed by atoms with van der Waals surface area (Å²) in [4.78, 5) is 8.98. The fourth-order valence-electron chi connectivity index (χ4n) is 5.26. The molecule has 3 aromatic carbocycles. The zero-order chi connectivity index (χ0) is 32.4. The van der Waals surface area contributed by atoms with E-state index in [0.29, 0.717) is 44.7 Å². The Morgan fingerprint density at radius 3 is 2.53 bits per heavy atom. The number of methoxy groups -OCH3 is 1. The minimum Gasteiger partial charge on any atom is -0.496 e. The van der Waals surface area contributed by atoms with Crippen LogP contribution in [0, 0.1) is 5.82 Å². The summed E-state index contributed by atoms with van der Waals surface area (Å²) in [5.41, 5.74) is 0.654. The molecular weight excluding hydrogens is 665 g/mol. The summed E-state index contributed by atoms with van der Waals surface area (Å²) in [5, 5.41) is 3.47. The lowest BCUT2D eigenvalue weighted by Crippen LogP contribution is -2.43. The summed E-state index contributed by atoms with van der Waals surface area (Å²) in [7, 11) is -1.95. The Labute approximate surface area is 270 Å². The molecule has 12 heteroatoms. The van der Waals surface area contributed by atoms with Crippen LogP contribution >= 0.6 is 15.9 Å². The maximum absolute atomic E-state index is 13.5. The lowest BCUT2D eigenvalue weighted by atomic mass is 9.85. The number of halogens is 2. The van der Waals surface area contributed by atoms with Gasteiger partial charge < -0.3 is 24.3 Å². The van der Waals surface area contributed by atoms with Crippen molar-refractivity contribution in [2.24, 2.45) is 0 Å². The fraction of sp³-hybridized carbons (Fsp3) is 0.333. The number of nitrogens with one attached hydrogen (secondary N) is 1. The SMILES string of the molecule is COc1cc2ncnc(Nc3ccc(OCc4cccc(F)c4)c(Br)c3)c2cc1C1(C(C)OC(C)S(=O)(=O)C(C)C)CC=CO1. The number of hydrogen-bond acceptors (Lipinski definition) is 9. The van der Waals surface area contributed by atoms with Crippen LogP contribution in [0.15, 0.2) is 77.7 Å². The number of anilines is 2. The van der Waals surface area contributed by atoms with E-state index in [1.165, 1.54) is 18.5 Å². The summed E-state index contributed by atoms with van der Waals surface area (Å²) < 4.78 is 64.0. The topological polar surface area (TPSA) is 109 Å². The van der Waals surface area contributed by atoms with Gasteiger partial charge in [0.25, 0.3) is 0 Å². The maximum Gasteiger partial charge on any atom is 0.179 e. The van der Waals surface area contributed by atoms with Crippen LogP contribution in [-0.4, -0.2) is 42.3 Å². The molecule has 0 spiro atoms. The molecule has 2 heterocycles. The molecule has 0 fully saturated rings. The quantitative estimate of drug-likeness (QED) is 0.160. The van der Waals surface area contributed by atoms with Crippen molar-refractivity contribution in [1.82, 2.24) is 9.97 Å². The van der Waals surface area contributed by atoms with Gasteiger partial charge in [-0.1, -0.05) is 12.1 Å². The minimum atomic E-state index is -3.52. The second kappa shape index (κ2) is 13.3. The first-order valence-corrected chi connectivity index (χ1v) is 16.8. The Hall–Kier alpha value is -3.74. The fourth-order valence-corrected chi connectivity index (χ4v) is 6.84. The highest BCUT2D eigenvalue weighted by molar-refractivity contribution is 9.10. The molecule has 1 aliphatic heterocycles. The molecule has 3 atom stereocenters. The largest absolute Gasteiger partial charge is 0.496 e. The van der Waals surface area contributed by atoms with E-state index in [1.54, 1.807) is 59.3 Å². The molecule has 3 unspecified atom stereocenters. The normalized spacial score (nSPS) is 17.7. The second-order valence-corrected chi connectivity index (χ2v) is 14.7. The summed E-state index contributed by atoms with van der Waals surface area (Å²) >= 11 is 3.57. The Bertz CT molecular complexity index is 1830. The van der Waals surface area contributed by atoms with Gasteiger partial charge in [0.15, 0.2) is 20.9 Å². The van der Waals surface area contributed by atoms with E-state index in [4.69, 9.17) is 18.9 Å². The molecule has 1 N–H and O–H groups in total. The van der Waals surface area contributed by atoms with Gasteiger partial charge in [-0.3, -0.25) is 0 Å². The lowest BCUT2D eigenvalue weighted by molar-refractivity contribution is -0.107. The average Bonchev–Trinajstić information content (AvgIpc) is 3.51. The van der Waals surface area contributed by atoms with E-state index in [2.05, 4.69) is 31.2 Å². The number of benzene rings is 3. The van der Waals surface area contributed by atoms with Crippen molar-refractivity contribution in [2.75, 3.05) is 12.4 Å². The number of rotatable bonds is 12. The van der Waals surface area contributed by atoms with Crippen LogP contribution in [0.1, 0.15) is 45.2 Å². The third-order valence-electron chi connectivity index (χ3n) is 7.86. The van der Waals surface area contributed by atoms with Gasteiger partial charge in [-0.15, -0.1) is 0 Å². The van der Waals surface area contributed by atoms with Crippen molar-refractivity contribution < 1.29 is 31.8 Å². The van der Waals surface area contributed by atoms with Crippen LogP contribution in [0.3, 0.4) is 0 Å². The van der Waals surface area contributed by atoms with E-state index >= 15 is 0 Å². The van der Waals surface area contributed by atoms with Gasteiger partial charge in [-0.05, 0) is 91.7 Å². The van der Waals surface area contributed by atoms with Crippen LogP contribution < -0.4 is 14.8 Å². The van der Waals surface area contributed by atoms with Crippen molar-refractivity contribution in [1.29, 1.82) is 0 Å². The monoisotopic (exact) mass is 699 g/mol. The standard InChI is InChI=1S/C33H35BrFN3O6S/c1-20(2)45(39,40)22(4)44-21(3)33(12-7-13-43-33)27-16-26-29(17-31(27)41-5)36-19-37-32(26)38-25-10-11-30(28(34)15-25)42-18-23-8-6-9-24(35)14-23/h6-11,13-17,19-22H,12,18H2,1-5H3,(H,36,37,38). The Balaban J connectivity index is 1.45. The number of hydrogen-bond donors (Lipinski definition) is 1. The van der Waals surface area contributed by atoms with Crippen LogP contribution in [0.2, 0.25) is 0 Å². The van der Waals surface area contributed by atoms with Crippen LogP contribution in [0.25, 0.3) is 10.9 Å². The predicted octanol–water partition coefficient (Wildman–Crippen LogP) is 7.57. The van der Waals surface area contributed by atoms with Gasteiger partial charge in [0.05, 0.1) is 28.6 Å². The lowest BCUT2D eigenvalue weighted by Gasteiger charge is -2.37. The molecule has 1 aliphatic rings. The third kappa shape index (κ3) is 6.78. The molecule has 0 radical (unpaired) electrons. The minimum absolute atomic E-state index is 0.216. The van der Waals surface area contributed by atoms with E-state index in [-0.39, 0.29) is 12.4 Å². The third-order valence-corrected chi connectivity index (χ3v) is 10.8. The Kier molecular flexibility index (Phi) is 9.66. The zero-order valence-electron chi connectivity index (χ0n) is 25.6. The second-order valence-electron chi connectivity index (χ2n) is 11.0. The van der Waals surface area contributed by atoms with Crippen molar-refractivity contribution in [3.05, 3.63) is 94.7 Å². The highest BCUT2D eigenvalue weighted by Crippen LogP contribution is 2.46. The maximum atomic E-state index is 13.5. The predicted molar refractivity (Wildman–Crippen MR) is 175 cm³/mol. The smallest absolute Gasteiger partial charge is 0.179 e. The molecule has 0 aliphatic carbocycles.